The fourth-order valence-electron chi connectivity index (χ4n) is 4.60. The van der Waals surface area contributed by atoms with Crippen molar-refractivity contribution in [2.45, 2.75) is 29.3 Å². The summed E-state index contributed by atoms with van der Waals surface area (Å²) in [7, 11) is 0. The van der Waals surface area contributed by atoms with Crippen molar-refractivity contribution < 1.29 is 24.3 Å². The van der Waals surface area contributed by atoms with E-state index in [9.17, 15) is 24.3 Å². The summed E-state index contributed by atoms with van der Waals surface area (Å²) >= 11 is 2.76. The summed E-state index contributed by atoms with van der Waals surface area (Å²) < 4.78 is 0. The van der Waals surface area contributed by atoms with Gasteiger partial charge in [-0.3, -0.25) is 19.3 Å². The number of carboxylic acids is 1. The van der Waals surface area contributed by atoms with E-state index in [0.29, 0.717) is 36.4 Å². The minimum Gasteiger partial charge on any atom is -0.477 e. The van der Waals surface area contributed by atoms with E-state index in [1.54, 1.807) is 11.0 Å². The van der Waals surface area contributed by atoms with Crippen LogP contribution in [0.4, 0.5) is 0 Å². The minimum absolute atomic E-state index is 0.111. The molecule has 0 unspecified atom stereocenters. The lowest BCUT2D eigenvalue weighted by molar-refractivity contribution is -0.150. The quantitative estimate of drug-likeness (QED) is 0.304. The molecule has 0 aromatic heterocycles. The van der Waals surface area contributed by atoms with Gasteiger partial charge in [-0.25, -0.2) is 4.79 Å². The maximum atomic E-state index is 13.0. The smallest absolute Gasteiger partial charge is 0.352 e. The fraction of sp³-hybridized carbons (Fsp3) is 0.259. The first-order chi connectivity index (χ1) is 17.9. The van der Waals surface area contributed by atoms with Crippen LogP contribution < -0.4 is 5.32 Å². The largest absolute Gasteiger partial charge is 0.477 e. The van der Waals surface area contributed by atoms with Gasteiger partial charge in [-0.2, -0.15) is 0 Å². The number of benzene rings is 2. The highest BCUT2D eigenvalue weighted by Crippen LogP contribution is 2.41. The lowest BCUT2D eigenvalue weighted by Crippen LogP contribution is -2.70. The van der Waals surface area contributed by atoms with Crippen LogP contribution in [0.15, 0.2) is 88.5 Å². The highest BCUT2D eigenvalue weighted by molar-refractivity contribution is 8.00. The van der Waals surface area contributed by atoms with Gasteiger partial charge in [0.1, 0.15) is 17.1 Å². The van der Waals surface area contributed by atoms with Gasteiger partial charge in [-0.1, -0.05) is 48.5 Å². The van der Waals surface area contributed by atoms with Gasteiger partial charge in [0.05, 0.1) is 5.75 Å². The number of carboxylic acid groups (broad SMARTS) is 1. The number of nitrogens with one attached hydrogen (secondary N) is 1. The summed E-state index contributed by atoms with van der Waals surface area (Å²) in [4.78, 5) is 54.4. The molecule has 0 radical (unpaired) electrons. The van der Waals surface area contributed by atoms with Gasteiger partial charge in [0.2, 0.25) is 11.8 Å². The third-order valence-electron chi connectivity index (χ3n) is 6.41. The summed E-state index contributed by atoms with van der Waals surface area (Å²) in [6.07, 6.45) is 2.15. The van der Waals surface area contributed by atoms with E-state index < -0.39 is 23.3 Å². The molecule has 0 bridgehead atoms. The number of carbonyl (C=O) groups is 4. The van der Waals surface area contributed by atoms with Gasteiger partial charge in [0, 0.05) is 29.3 Å². The van der Waals surface area contributed by atoms with E-state index in [-0.39, 0.29) is 23.3 Å². The topological polar surface area (TPSA) is 107 Å². The Morgan fingerprint density at radius 2 is 1.78 bits per heavy atom. The summed E-state index contributed by atoms with van der Waals surface area (Å²) in [5.41, 5.74) is 1.90. The first-order valence-corrected chi connectivity index (χ1v) is 13.9. The minimum atomic E-state index is -1.22. The van der Waals surface area contributed by atoms with Gasteiger partial charge in [-0.05, 0) is 35.8 Å². The zero-order valence-corrected chi connectivity index (χ0v) is 21.5. The Bertz CT molecular complexity index is 1300. The number of likely N-dealkylation sites (tertiary alicyclic amines) is 1. The first kappa shape index (κ1) is 25.2. The second kappa shape index (κ2) is 10.9. The molecule has 2 N–H and O–H groups in total. The fourth-order valence-corrected chi connectivity index (χ4v) is 6.64. The molecule has 0 saturated carbocycles. The van der Waals surface area contributed by atoms with Crippen LogP contribution >= 0.6 is 23.5 Å². The number of aliphatic carboxylic acids is 1. The molecule has 3 heterocycles. The zero-order chi connectivity index (χ0) is 25.9. The highest BCUT2D eigenvalue weighted by Gasteiger charge is 2.54. The number of thioether (sulfide) groups is 2. The number of nitrogens with zero attached hydrogens (tertiary/aromatic N) is 2. The molecule has 190 valence electrons. The Hall–Kier alpha value is -3.50. The third-order valence-corrected chi connectivity index (χ3v) is 8.72. The lowest BCUT2D eigenvalue weighted by atomic mass is 10.0. The average molecular weight is 536 g/mol. The molecular formula is C27H25N3O5S2. The molecule has 5 rings (SSSR count). The maximum Gasteiger partial charge on any atom is 0.352 e. The Labute approximate surface area is 222 Å². The van der Waals surface area contributed by atoms with E-state index in [4.69, 9.17) is 0 Å². The van der Waals surface area contributed by atoms with Crippen LogP contribution in [0.5, 0.6) is 0 Å². The Kier molecular flexibility index (Phi) is 7.38. The van der Waals surface area contributed by atoms with Crippen LogP contribution in [0.2, 0.25) is 0 Å². The molecule has 3 aliphatic heterocycles. The molecule has 3 aliphatic rings. The van der Waals surface area contributed by atoms with Crippen LogP contribution in [0.1, 0.15) is 12.0 Å². The molecule has 3 amide bonds. The lowest BCUT2D eigenvalue weighted by Gasteiger charge is -2.49. The van der Waals surface area contributed by atoms with E-state index in [1.165, 1.54) is 28.4 Å². The van der Waals surface area contributed by atoms with Crippen LogP contribution in [-0.4, -0.2) is 68.1 Å². The monoisotopic (exact) mass is 535 g/mol. The van der Waals surface area contributed by atoms with Crippen LogP contribution in [0, 0.1) is 0 Å². The van der Waals surface area contributed by atoms with Crippen molar-refractivity contribution in [2.75, 3.05) is 18.1 Å². The number of hydrogen-bond donors (Lipinski definition) is 2. The molecule has 2 aromatic rings. The SMILES string of the molecule is O=C(CSc1ccccc1)N[C@@H]1C(=O)N2C(C(=O)O)=C(C=C3CCN(Cc4ccccc4)C3=O)CS[C@H]12. The van der Waals surface area contributed by atoms with Gasteiger partial charge in [0.25, 0.3) is 5.91 Å². The van der Waals surface area contributed by atoms with Crippen molar-refractivity contribution in [2.24, 2.45) is 0 Å². The third kappa shape index (κ3) is 5.30. The Balaban J connectivity index is 1.26. The van der Waals surface area contributed by atoms with Gasteiger partial charge in [-0.15, -0.1) is 23.5 Å². The molecule has 8 nitrogen and oxygen atoms in total. The van der Waals surface area contributed by atoms with Gasteiger partial charge in [0.15, 0.2) is 0 Å². The molecular weight excluding hydrogens is 510 g/mol. The van der Waals surface area contributed by atoms with Crippen LogP contribution in [0.3, 0.4) is 0 Å². The normalized spacial score (nSPS) is 22.2. The highest BCUT2D eigenvalue weighted by atomic mass is 32.2. The first-order valence-electron chi connectivity index (χ1n) is 11.8. The maximum absolute atomic E-state index is 13.0. The van der Waals surface area contributed by atoms with Crippen LogP contribution in [-0.2, 0) is 25.7 Å². The van der Waals surface area contributed by atoms with Crippen molar-refractivity contribution in [3.8, 4) is 0 Å². The van der Waals surface area contributed by atoms with E-state index in [1.807, 2.05) is 60.7 Å². The summed E-state index contributed by atoms with van der Waals surface area (Å²) in [5, 5.41) is 12.2. The average Bonchev–Trinajstić information content (AvgIpc) is 3.25. The van der Waals surface area contributed by atoms with E-state index >= 15 is 0 Å². The summed E-state index contributed by atoms with van der Waals surface area (Å²) in [6.45, 7) is 1.05. The summed E-state index contributed by atoms with van der Waals surface area (Å²) in [6, 6.07) is 18.4. The Morgan fingerprint density at radius 1 is 1.08 bits per heavy atom. The molecule has 2 aromatic carbocycles. The second-order valence-electron chi connectivity index (χ2n) is 8.87. The number of hydrogen-bond acceptors (Lipinski definition) is 6. The second-order valence-corrected chi connectivity index (χ2v) is 11.0. The number of allylic oxidation sites excluding steroid dienone is 1. The van der Waals surface area contributed by atoms with Crippen molar-refractivity contribution in [1.29, 1.82) is 0 Å². The number of carbonyl (C=O) groups excluding carboxylic acids is 3. The van der Waals surface area contributed by atoms with E-state index in [0.717, 1.165) is 10.5 Å². The molecule has 2 fully saturated rings. The standard InChI is InChI=1S/C27H25N3O5S2/c31-21(16-36-20-9-5-2-6-10-20)28-22-25(33)30-23(27(34)35)19(15-37-26(22)30)13-18-11-12-29(24(18)32)14-17-7-3-1-4-8-17/h1-10,13,22,26H,11-12,14-16H2,(H,28,31)(H,34,35)/t22-,26-/m1/s1. The number of β-lactam (4-membered cyclic amide) rings is 1. The molecule has 10 heteroatoms. The summed E-state index contributed by atoms with van der Waals surface area (Å²) in [5.74, 6) is -1.59. The predicted octanol–water partition coefficient (Wildman–Crippen LogP) is 2.88. The van der Waals surface area contributed by atoms with Crippen LogP contribution in [0.25, 0.3) is 0 Å². The van der Waals surface area contributed by atoms with Crippen molar-refractivity contribution >= 4 is 47.2 Å². The molecule has 37 heavy (non-hydrogen) atoms. The Morgan fingerprint density at radius 3 is 2.49 bits per heavy atom. The number of amides is 3. The molecule has 0 spiro atoms. The molecule has 0 aliphatic carbocycles. The number of rotatable bonds is 8. The van der Waals surface area contributed by atoms with Crippen molar-refractivity contribution in [3.05, 3.63) is 89.1 Å². The number of fused-ring (bicyclic) bond motifs is 1. The van der Waals surface area contributed by atoms with Crippen molar-refractivity contribution in [1.82, 2.24) is 15.1 Å². The van der Waals surface area contributed by atoms with Gasteiger partial charge < -0.3 is 15.3 Å². The molecule has 2 atom stereocenters. The zero-order valence-electron chi connectivity index (χ0n) is 19.8. The van der Waals surface area contributed by atoms with Gasteiger partial charge >= 0.3 is 5.97 Å². The van der Waals surface area contributed by atoms with Crippen molar-refractivity contribution in [3.63, 3.8) is 0 Å². The predicted molar refractivity (Wildman–Crippen MR) is 141 cm³/mol. The molecule has 2 saturated heterocycles. The van der Waals surface area contributed by atoms with E-state index in [2.05, 4.69) is 5.32 Å².